The number of nitrogens with zero attached hydrogens (tertiary/aromatic N) is 1. The predicted molar refractivity (Wildman–Crippen MR) is 146 cm³/mol. The van der Waals surface area contributed by atoms with Crippen LogP contribution in [0.15, 0.2) is 91.0 Å². The summed E-state index contributed by atoms with van der Waals surface area (Å²) in [5.74, 6) is -2.84. The van der Waals surface area contributed by atoms with Crippen molar-refractivity contribution in [2.45, 2.75) is 12.3 Å². The number of carbonyl (C=O) groups excluding carboxylic acids is 4. The van der Waals surface area contributed by atoms with Crippen LogP contribution in [0.2, 0.25) is 5.02 Å². The van der Waals surface area contributed by atoms with Crippen molar-refractivity contribution in [1.82, 2.24) is 0 Å². The van der Waals surface area contributed by atoms with Gasteiger partial charge in [0, 0.05) is 11.1 Å². The van der Waals surface area contributed by atoms with Crippen molar-refractivity contribution in [1.29, 1.82) is 0 Å². The highest BCUT2D eigenvalue weighted by Crippen LogP contribution is 2.39. The third kappa shape index (κ3) is 5.36. The van der Waals surface area contributed by atoms with Crippen LogP contribution >= 0.6 is 11.6 Å². The van der Waals surface area contributed by atoms with Crippen LogP contribution in [0.25, 0.3) is 0 Å². The summed E-state index contributed by atoms with van der Waals surface area (Å²) in [5.41, 5.74) is -1.44. The molecule has 0 saturated heterocycles. The van der Waals surface area contributed by atoms with Crippen molar-refractivity contribution in [3.8, 4) is 5.75 Å². The molecule has 0 unspecified atom stereocenters. The highest BCUT2D eigenvalue weighted by Gasteiger charge is 2.40. The molecular weight excluding hydrogens is 575 g/mol. The molecule has 5 rings (SSSR count). The molecule has 1 heterocycles. The van der Waals surface area contributed by atoms with Gasteiger partial charge in [-0.05, 0) is 60.7 Å². The van der Waals surface area contributed by atoms with Crippen molar-refractivity contribution in [2.75, 3.05) is 12.0 Å². The number of rotatable bonds is 7. The summed E-state index contributed by atoms with van der Waals surface area (Å²) in [6.45, 7) is 0. The lowest BCUT2D eigenvalue weighted by atomic mass is 9.99. The molecule has 0 bridgehead atoms. The number of benzene rings is 4. The number of alkyl halides is 3. The van der Waals surface area contributed by atoms with Crippen molar-refractivity contribution < 1.29 is 41.8 Å². The zero-order chi connectivity index (χ0) is 30.2. The molecule has 0 aromatic heterocycles. The first-order valence-corrected chi connectivity index (χ1v) is 12.7. The Morgan fingerprint density at radius 1 is 0.810 bits per heavy atom. The van der Waals surface area contributed by atoms with Crippen molar-refractivity contribution in [3.63, 3.8) is 0 Å². The minimum absolute atomic E-state index is 0.140. The predicted octanol–water partition coefficient (Wildman–Crippen LogP) is 6.95. The standard InChI is InChI=1S/C31H19ClF3NO6/c1-41-21-11-7-17(8-12-21)26(37)27(18-5-3-2-4-6-18)42-30(40)19-9-13-22-23(15-19)29(39)36(28(22)38)25-16-20(31(33,34)35)10-14-24(25)32/h2-16,27H,1H3/t27-/m0/s1. The second kappa shape index (κ2) is 11.1. The fourth-order valence-corrected chi connectivity index (χ4v) is 4.63. The van der Waals surface area contributed by atoms with E-state index >= 15 is 0 Å². The Morgan fingerprint density at radius 3 is 2.10 bits per heavy atom. The molecule has 0 saturated carbocycles. The van der Waals surface area contributed by atoms with E-state index in [-0.39, 0.29) is 27.3 Å². The maximum atomic E-state index is 13.4. The highest BCUT2D eigenvalue weighted by molar-refractivity contribution is 6.40. The molecule has 11 heteroatoms. The Bertz CT molecular complexity index is 1720. The number of imide groups is 1. The lowest BCUT2D eigenvalue weighted by Gasteiger charge is -2.18. The van der Waals surface area contributed by atoms with Gasteiger partial charge in [0.15, 0.2) is 6.10 Å². The quantitative estimate of drug-likeness (QED) is 0.131. The Hall–Kier alpha value is -4.96. The summed E-state index contributed by atoms with van der Waals surface area (Å²) >= 11 is 6.07. The fourth-order valence-electron chi connectivity index (χ4n) is 4.43. The van der Waals surface area contributed by atoms with Gasteiger partial charge in [0.25, 0.3) is 11.8 Å². The molecule has 1 atom stereocenters. The summed E-state index contributed by atoms with van der Waals surface area (Å²) in [7, 11) is 1.48. The van der Waals surface area contributed by atoms with Gasteiger partial charge in [0.05, 0.1) is 40.1 Å². The van der Waals surface area contributed by atoms with Gasteiger partial charge in [0.1, 0.15) is 5.75 Å². The first-order chi connectivity index (χ1) is 20.0. The average molecular weight is 594 g/mol. The first kappa shape index (κ1) is 28.6. The van der Waals surface area contributed by atoms with Crippen LogP contribution in [0.1, 0.15) is 58.7 Å². The van der Waals surface area contributed by atoms with Crippen molar-refractivity contribution in [3.05, 3.63) is 129 Å². The number of esters is 1. The van der Waals surface area contributed by atoms with E-state index in [2.05, 4.69) is 0 Å². The van der Waals surface area contributed by atoms with Crippen LogP contribution in [-0.4, -0.2) is 30.7 Å². The molecule has 0 N–H and O–H groups in total. The molecule has 4 aromatic carbocycles. The molecule has 0 fully saturated rings. The van der Waals surface area contributed by atoms with E-state index in [1.54, 1.807) is 42.5 Å². The Morgan fingerprint density at radius 2 is 1.45 bits per heavy atom. The second-order valence-electron chi connectivity index (χ2n) is 9.16. The van der Waals surface area contributed by atoms with E-state index in [1.165, 1.54) is 31.4 Å². The average Bonchev–Trinajstić information content (AvgIpc) is 3.24. The van der Waals surface area contributed by atoms with Gasteiger partial charge in [-0.2, -0.15) is 13.2 Å². The molecule has 0 aliphatic carbocycles. The number of Topliss-reactive ketones (excluding diaryl/α,β-unsaturated/α-hetero) is 1. The van der Waals surface area contributed by atoms with E-state index in [4.69, 9.17) is 21.1 Å². The Kier molecular flexibility index (Phi) is 7.57. The molecule has 1 aliphatic rings. The molecule has 4 aromatic rings. The summed E-state index contributed by atoms with van der Waals surface area (Å²) in [6.07, 6.45) is -6.09. The zero-order valence-electron chi connectivity index (χ0n) is 21.6. The van der Waals surface area contributed by atoms with Gasteiger partial charge in [-0.15, -0.1) is 0 Å². The SMILES string of the molecule is COc1ccc(C(=O)[C@@H](OC(=O)c2ccc3c(c2)C(=O)N(c2cc(C(F)(F)F)ccc2Cl)C3=O)c2ccccc2)cc1. The third-order valence-electron chi connectivity index (χ3n) is 6.58. The molecule has 7 nitrogen and oxygen atoms in total. The number of fused-ring (bicyclic) bond motifs is 1. The van der Waals surface area contributed by atoms with Gasteiger partial charge in [-0.1, -0.05) is 41.9 Å². The maximum Gasteiger partial charge on any atom is 0.416 e. The number of carbonyl (C=O) groups is 4. The first-order valence-electron chi connectivity index (χ1n) is 12.3. The molecule has 1 aliphatic heterocycles. The number of methoxy groups -OCH3 is 1. The Balaban J connectivity index is 1.45. The van der Waals surface area contributed by atoms with E-state index < -0.39 is 47.1 Å². The number of ketones is 1. The largest absolute Gasteiger partial charge is 0.497 e. The normalized spacial score (nSPS) is 13.5. The number of hydrogen-bond donors (Lipinski definition) is 0. The monoisotopic (exact) mass is 593 g/mol. The number of amides is 2. The van der Waals surface area contributed by atoms with Crippen LogP contribution in [-0.2, 0) is 10.9 Å². The molecule has 212 valence electrons. The summed E-state index contributed by atoms with van der Waals surface area (Å²) < 4.78 is 50.6. The summed E-state index contributed by atoms with van der Waals surface area (Å²) in [5, 5.41) is -0.250. The summed E-state index contributed by atoms with van der Waals surface area (Å²) in [6, 6.07) is 20.3. The molecule has 0 spiro atoms. The maximum absolute atomic E-state index is 13.4. The molecular formula is C31H19ClF3NO6. The van der Waals surface area contributed by atoms with Gasteiger partial charge >= 0.3 is 12.1 Å². The van der Waals surface area contributed by atoms with Gasteiger partial charge in [-0.25, -0.2) is 9.69 Å². The van der Waals surface area contributed by atoms with E-state index in [9.17, 15) is 32.3 Å². The number of ether oxygens (including phenoxy) is 2. The summed E-state index contributed by atoms with van der Waals surface area (Å²) in [4.78, 5) is 53.5. The van der Waals surface area contributed by atoms with E-state index in [1.807, 2.05) is 0 Å². The second-order valence-corrected chi connectivity index (χ2v) is 9.57. The van der Waals surface area contributed by atoms with Crippen LogP contribution in [0.5, 0.6) is 5.75 Å². The van der Waals surface area contributed by atoms with Gasteiger partial charge in [-0.3, -0.25) is 14.4 Å². The fraction of sp³-hybridized carbons (Fsp3) is 0.0968. The van der Waals surface area contributed by atoms with Gasteiger partial charge in [0.2, 0.25) is 5.78 Å². The van der Waals surface area contributed by atoms with Crippen molar-refractivity contribution >= 4 is 40.9 Å². The van der Waals surface area contributed by atoms with E-state index in [0.29, 0.717) is 22.3 Å². The van der Waals surface area contributed by atoms with Crippen LogP contribution in [0.4, 0.5) is 18.9 Å². The van der Waals surface area contributed by atoms with Crippen LogP contribution < -0.4 is 9.64 Å². The van der Waals surface area contributed by atoms with Crippen molar-refractivity contribution in [2.24, 2.45) is 0 Å². The van der Waals surface area contributed by atoms with Gasteiger partial charge < -0.3 is 9.47 Å². The van der Waals surface area contributed by atoms with Crippen LogP contribution in [0, 0.1) is 0 Å². The minimum Gasteiger partial charge on any atom is -0.497 e. The number of halogens is 4. The van der Waals surface area contributed by atoms with E-state index in [0.717, 1.165) is 18.2 Å². The lowest BCUT2D eigenvalue weighted by Crippen LogP contribution is -2.30. The molecule has 2 amide bonds. The molecule has 0 radical (unpaired) electrons. The smallest absolute Gasteiger partial charge is 0.416 e. The third-order valence-corrected chi connectivity index (χ3v) is 6.90. The number of hydrogen-bond acceptors (Lipinski definition) is 6. The topological polar surface area (TPSA) is 90.0 Å². The number of anilines is 1. The van der Waals surface area contributed by atoms with Crippen LogP contribution in [0.3, 0.4) is 0 Å². The lowest BCUT2D eigenvalue weighted by molar-refractivity contribution is -0.137. The highest BCUT2D eigenvalue weighted by atomic mass is 35.5. The Labute approximate surface area is 242 Å². The minimum atomic E-state index is -4.74. The molecule has 42 heavy (non-hydrogen) atoms. The zero-order valence-corrected chi connectivity index (χ0v) is 22.4.